The molecule has 1 unspecified atom stereocenters. The Hall–Kier alpha value is -1.95. The molecule has 31 heavy (non-hydrogen) atoms. The van der Waals surface area contributed by atoms with E-state index in [0.717, 1.165) is 55.2 Å². The fourth-order valence-corrected chi connectivity index (χ4v) is 3.92. The van der Waals surface area contributed by atoms with Gasteiger partial charge in [-0.15, -0.1) is 12.4 Å². The van der Waals surface area contributed by atoms with E-state index in [9.17, 15) is 5.11 Å². The van der Waals surface area contributed by atoms with Crippen LogP contribution in [-0.4, -0.2) is 49.4 Å². The SMILES string of the molecule is CCCOc1ccccc1C(COc1cc(C)c(O)cc1C(C)C)N1CCNCC1.Cl. The van der Waals surface area contributed by atoms with Gasteiger partial charge in [0.1, 0.15) is 23.9 Å². The molecule has 2 aromatic carbocycles. The van der Waals surface area contributed by atoms with Crippen LogP contribution in [0.1, 0.15) is 55.8 Å². The summed E-state index contributed by atoms with van der Waals surface area (Å²) in [6.07, 6.45) is 0.980. The fourth-order valence-electron chi connectivity index (χ4n) is 3.92. The summed E-state index contributed by atoms with van der Waals surface area (Å²) in [5.74, 6) is 2.39. The number of ether oxygens (including phenoxy) is 2. The quantitative estimate of drug-likeness (QED) is 0.561. The standard InChI is InChI=1S/C25H36N2O3.ClH/c1-5-14-29-24-9-7-6-8-20(24)22(27-12-10-26-11-13-27)17-30-25-15-19(4)23(28)16-21(25)18(2)3;/h6-9,15-16,18,22,26,28H,5,10-14,17H2,1-4H3;1H. The molecular formula is C25H37ClN2O3. The third-order valence-corrected chi connectivity index (χ3v) is 5.68. The van der Waals surface area contributed by atoms with E-state index in [1.165, 1.54) is 5.56 Å². The second-order valence-electron chi connectivity index (χ2n) is 8.33. The largest absolute Gasteiger partial charge is 0.508 e. The third-order valence-electron chi connectivity index (χ3n) is 5.68. The van der Waals surface area contributed by atoms with Crippen molar-refractivity contribution in [1.29, 1.82) is 0 Å². The number of piperazine rings is 1. The Kier molecular flexibility index (Phi) is 9.94. The van der Waals surface area contributed by atoms with Gasteiger partial charge in [-0.3, -0.25) is 4.90 Å². The van der Waals surface area contributed by atoms with Gasteiger partial charge in [0.25, 0.3) is 0 Å². The van der Waals surface area contributed by atoms with E-state index in [1.54, 1.807) is 0 Å². The summed E-state index contributed by atoms with van der Waals surface area (Å²) >= 11 is 0. The Morgan fingerprint density at radius 1 is 1.03 bits per heavy atom. The lowest BCUT2D eigenvalue weighted by Gasteiger charge is -2.36. The molecule has 1 heterocycles. The van der Waals surface area contributed by atoms with Crippen LogP contribution in [0, 0.1) is 6.92 Å². The van der Waals surface area contributed by atoms with E-state index >= 15 is 0 Å². The number of aryl methyl sites for hydroxylation is 1. The minimum absolute atomic E-state index is 0. The van der Waals surface area contributed by atoms with Crippen molar-refractivity contribution in [3.63, 3.8) is 0 Å². The first-order valence-corrected chi connectivity index (χ1v) is 11.1. The van der Waals surface area contributed by atoms with Gasteiger partial charge >= 0.3 is 0 Å². The number of phenols is 1. The average Bonchev–Trinajstić information content (AvgIpc) is 2.76. The molecule has 1 saturated heterocycles. The smallest absolute Gasteiger partial charge is 0.124 e. The molecule has 6 heteroatoms. The summed E-state index contributed by atoms with van der Waals surface area (Å²) in [6, 6.07) is 12.2. The number of aromatic hydroxyl groups is 1. The molecule has 0 bridgehead atoms. The van der Waals surface area contributed by atoms with E-state index in [-0.39, 0.29) is 24.4 Å². The van der Waals surface area contributed by atoms with Crippen LogP contribution in [0.4, 0.5) is 0 Å². The van der Waals surface area contributed by atoms with Crippen LogP contribution in [0.3, 0.4) is 0 Å². The normalized spacial score (nSPS) is 15.4. The predicted molar refractivity (Wildman–Crippen MR) is 129 cm³/mol. The Balaban J connectivity index is 0.00000341. The Labute approximate surface area is 193 Å². The summed E-state index contributed by atoms with van der Waals surface area (Å²) in [7, 11) is 0. The Morgan fingerprint density at radius 2 is 1.74 bits per heavy atom. The zero-order valence-electron chi connectivity index (χ0n) is 19.2. The molecule has 2 N–H and O–H groups in total. The third kappa shape index (κ3) is 6.52. The van der Waals surface area contributed by atoms with Crippen molar-refractivity contribution >= 4 is 12.4 Å². The molecule has 0 saturated carbocycles. The molecule has 0 aromatic heterocycles. The van der Waals surface area contributed by atoms with Gasteiger partial charge in [-0.25, -0.2) is 0 Å². The van der Waals surface area contributed by atoms with Gasteiger partial charge in [0.2, 0.25) is 0 Å². The molecule has 1 fully saturated rings. The number of rotatable bonds is 9. The van der Waals surface area contributed by atoms with Gasteiger partial charge < -0.3 is 19.9 Å². The molecule has 5 nitrogen and oxygen atoms in total. The molecule has 172 valence electrons. The van der Waals surface area contributed by atoms with Crippen molar-refractivity contribution < 1.29 is 14.6 Å². The Bertz CT molecular complexity index is 822. The van der Waals surface area contributed by atoms with E-state index in [4.69, 9.17) is 9.47 Å². The van der Waals surface area contributed by atoms with Crippen molar-refractivity contribution in [1.82, 2.24) is 10.2 Å². The maximum Gasteiger partial charge on any atom is 0.124 e. The highest BCUT2D eigenvalue weighted by atomic mass is 35.5. The highest BCUT2D eigenvalue weighted by molar-refractivity contribution is 5.85. The summed E-state index contributed by atoms with van der Waals surface area (Å²) in [5.41, 5.74) is 3.04. The van der Waals surface area contributed by atoms with Crippen molar-refractivity contribution in [3.05, 3.63) is 53.1 Å². The van der Waals surface area contributed by atoms with Gasteiger partial charge in [-0.2, -0.15) is 0 Å². The van der Waals surface area contributed by atoms with Gasteiger partial charge in [0.15, 0.2) is 0 Å². The second-order valence-corrected chi connectivity index (χ2v) is 8.33. The summed E-state index contributed by atoms with van der Waals surface area (Å²) in [5, 5.41) is 13.6. The minimum atomic E-state index is 0. The first-order chi connectivity index (χ1) is 14.5. The topological polar surface area (TPSA) is 54.0 Å². The number of halogens is 1. The highest BCUT2D eigenvalue weighted by Crippen LogP contribution is 2.35. The van der Waals surface area contributed by atoms with Crippen LogP contribution in [0.5, 0.6) is 17.2 Å². The van der Waals surface area contributed by atoms with Gasteiger partial charge in [0.05, 0.1) is 12.6 Å². The highest BCUT2D eigenvalue weighted by Gasteiger charge is 2.26. The second kappa shape index (κ2) is 12.2. The van der Waals surface area contributed by atoms with Crippen LogP contribution in [0.2, 0.25) is 0 Å². The zero-order valence-corrected chi connectivity index (χ0v) is 20.0. The summed E-state index contributed by atoms with van der Waals surface area (Å²) in [6.45, 7) is 13.4. The summed E-state index contributed by atoms with van der Waals surface area (Å²) in [4.78, 5) is 2.48. The van der Waals surface area contributed by atoms with Crippen LogP contribution in [-0.2, 0) is 0 Å². The van der Waals surface area contributed by atoms with Gasteiger partial charge in [-0.1, -0.05) is 39.0 Å². The molecule has 0 radical (unpaired) electrons. The molecule has 3 rings (SSSR count). The van der Waals surface area contributed by atoms with Crippen LogP contribution in [0.25, 0.3) is 0 Å². The van der Waals surface area contributed by atoms with E-state index in [1.807, 2.05) is 25.1 Å². The van der Waals surface area contributed by atoms with Crippen molar-refractivity contribution in [2.24, 2.45) is 0 Å². The zero-order chi connectivity index (χ0) is 21.5. The lowest BCUT2D eigenvalue weighted by atomic mass is 9.99. The number of hydrogen-bond donors (Lipinski definition) is 2. The molecule has 0 amide bonds. The monoisotopic (exact) mass is 448 g/mol. The van der Waals surface area contributed by atoms with Crippen molar-refractivity contribution in [2.75, 3.05) is 39.4 Å². The minimum Gasteiger partial charge on any atom is -0.508 e. The number of benzene rings is 2. The first-order valence-electron chi connectivity index (χ1n) is 11.1. The lowest BCUT2D eigenvalue weighted by molar-refractivity contribution is 0.117. The number of phenolic OH excluding ortho intramolecular Hbond substituents is 1. The van der Waals surface area contributed by atoms with Crippen LogP contribution >= 0.6 is 12.4 Å². The van der Waals surface area contributed by atoms with Crippen molar-refractivity contribution in [2.45, 2.75) is 46.1 Å². The van der Waals surface area contributed by atoms with E-state index in [2.05, 4.69) is 49.2 Å². The number of nitrogens with one attached hydrogen (secondary N) is 1. The molecule has 0 spiro atoms. The maximum absolute atomic E-state index is 10.2. The average molecular weight is 449 g/mol. The maximum atomic E-state index is 10.2. The van der Waals surface area contributed by atoms with Gasteiger partial charge in [0, 0.05) is 37.3 Å². The first kappa shape index (κ1) is 25.3. The molecule has 1 aliphatic heterocycles. The van der Waals surface area contributed by atoms with Crippen LogP contribution < -0.4 is 14.8 Å². The predicted octanol–water partition coefficient (Wildman–Crippen LogP) is 5.06. The molecule has 1 aliphatic rings. The number of hydrogen-bond acceptors (Lipinski definition) is 5. The molecule has 0 aliphatic carbocycles. The molecule has 2 aromatic rings. The van der Waals surface area contributed by atoms with Gasteiger partial charge in [-0.05, 0) is 43.0 Å². The number of nitrogens with zero attached hydrogens (tertiary/aromatic N) is 1. The Morgan fingerprint density at radius 3 is 2.42 bits per heavy atom. The fraction of sp³-hybridized carbons (Fsp3) is 0.520. The van der Waals surface area contributed by atoms with E-state index < -0.39 is 0 Å². The lowest BCUT2D eigenvalue weighted by Crippen LogP contribution is -2.46. The van der Waals surface area contributed by atoms with Crippen molar-refractivity contribution in [3.8, 4) is 17.2 Å². The molecular weight excluding hydrogens is 412 g/mol. The van der Waals surface area contributed by atoms with E-state index in [0.29, 0.717) is 19.0 Å². The summed E-state index contributed by atoms with van der Waals surface area (Å²) < 4.78 is 12.5. The number of para-hydroxylation sites is 1. The molecule has 1 atom stereocenters. The van der Waals surface area contributed by atoms with Crippen LogP contribution in [0.15, 0.2) is 36.4 Å².